The van der Waals surface area contributed by atoms with Gasteiger partial charge in [-0.05, 0) is 47.8 Å². The monoisotopic (exact) mass is 409 g/mol. The summed E-state index contributed by atoms with van der Waals surface area (Å²) in [6.45, 7) is 0. The van der Waals surface area contributed by atoms with Crippen molar-refractivity contribution in [2.24, 2.45) is 0 Å². The van der Waals surface area contributed by atoms with Gasteiger partial charge in [0.05, 0.1) is 24.8 Å². The highest BCUT2D eigenvalue weighted by Crippen LogP contribution is 2.06. The molecule has 0 spiro atoms. The van der Waals surface area contributed by atoms with Gasteiger partial charge < -0.3 is 5.73 Å². The first-order chi connectivity index (χ1) is 7.58. The van der Waals surface area contributed by atoms with E-state index in [1.807, 2.05) is 0 Å². The molecule has 0 saturated heterocycles. The summed E-state index contributed by atoms with van der Waals surface area (Å²) in [7, 11) is 0. The third-order valence-electron chi connectivity index (χ3n) is 1.23. The first-order valence-corrected chi connectivity index (χ1v) is 6.32. The molecule has 0 aliphatic heterocycles. The van der Waals surface area contributed by atoms with E-state index < -0.39 is 0 Å². The number of nitrogens with zero attached hydrogens (tertiary/aromatic N) is 4. The van der Waals surface area contributed by atoms with Crippen LogP contribution in [0.1, 0.15) is 0 Å². The van der Waals surface area contributed by atoms with Crippen molar-refractivity contribution in [2.75, 3.05) is 5.73 Å². The molecule has 2 aromatic rings. The smallest absolute Gasteiger partial charge is 0.141 e. The lowest BCUT2D eigenvalue weighted by molar-refractivity contribution is 1.13. The van der Waals surface area contributed by atoms with Crippen LogP contribution in [-0.2, 0) is 0 Å². The molecule has 5 nitrogen and oxygen atoms in total. The van der Waals surface area contributed by atoms with Gasteiger partial charge in [-0.1, -0.05) is 0 Å². The summed E-state index contributed by atoms with van der Waals surface area (Å²) < 4.78 is 2.20. The summed E-state index contributed by atoms with van der Waals surface area (Å²) in [6.07, 6.45) is 6.30. The largest absolute Gasteiger partial charge is 0.382 e. The third-order valence-corrected chi connectivity index (χ3v) is 2.46. The maximum Gasteiger partial charge on any atom is 0.141 e. The van der Waals surface area contributed by atoms with Crippen molar-refractivity contribution in [3.63, 3.8) is 0 Å². The van der Waals surface area contributed by atoms with Gasteiger partial charge in [0.15, 0.2) is 0 Å². The third kappa shape index (κ3) is 5.47. The Morgan fingerprint density at radius 3 is 1.31 bits per heavy atom. The molecule has 2 aromatic heterocycles. The van der Waals surface area contributed by atoms with E-state index in [2.05, 4.69) is 67.7 Å². The number of hydrogen-bond donors (Lipinski definition) is 1. The molecule has 0 bridgehead atoms. The predicted octanol–water partition coefficient (Wildman–Crippen LogP) is 2.82. The SMILES string of the molecule is Brc1cnc(Br)cn1.Nc1cnc(Br)cn1. The van der Waals surface area contributed by atoms with Crippen molar-refractivity contribution in [2.45, 2.75) is 0 Å². The first-order valence-electron chi connectivity index (χ1n) is 3.94. The Labute approximate surface area is 117 Å². The van der Waals surface area contributed by atoms with Crippen molar-refractivity contribution in [3.8, 4) is 0 Å². The zero-order valence-corrected chi connectivity index (χ0v) is 12.6. The summed E-state index contributed by atoms with van der Waals surface area (Å²) >= 11 is 9.42. The van der Waals surface area contributed by atoms with Crippen LogP contribution in [0, 0.1) is 0 Å². The average molecular weight is 412 g/mol. The van der Waals surface area contributed by atoms with Crippen LogP contribution in [0.3, 0.4) is 0 Å². The molecule has 0 atom stereocenters. The van der Waals surface area contributed by atoms with Crippen molar-refractivity contribution in [3.05, 3.63) is 38.6 Å². The molecule has 16 heavy (non-hydrogen) atoms. The lowest BCUT2D eigenvalue weighted by Crippen LogP contribution is -1.89. The number of nitrogens with two attached hydrogens (primary N) is 1. The van der Waals surface area contributed by atoms with E-state index >= 15 is 0 Å². The van der Waals surface area contributed by atoms with Crippen LogP contribution in [0.15, 0.2) is 38.6 Å². The van der Waals surface area contributed by atoms with Crippen LogP contribution in [0.5, 0.6) is 0 Å². The Morgan fingerprint density at radius 1 is 0.688 bits per heavy atom. The van der Waals surface area contributed by atoms with E-state index in [9.17, 15) is 0 Å². The summed E-state index contributed by atoms with van der Waals surface area (Å²) in [4.78, 5) is 15.3. The number of rotatable bonds is 0. The molecule has 2 N–H and O–H groups in total. The Hall–Kier alpha value is -0.600. The molecule has 0 radical (unpaired) electrons. The van der Waals surface area contributed by atoms with Gasteiger partial charge in [-0.25, -0.2) is 19.9 Å². The van der Waals surface area contributed by atoms with Gasteiger partial charge in [0, 0.05) is 0 Å². The van der Waals surface area contributed by atoms with Gasteiger partial charge in [0.2, 0.25) is 0 Å². The van der Waals surface area contributed by atoms with Gasteiger partial charge in [-0.3, -0.25) is 0 Å². The van der Waals surface area contributed by atoms with Crippen LogP contribution in [0.25, 0.3) is 0 Å². The fourth-order valence-electron chi connectivity index (χ4n) is 0.619. The fraction of sp³-hybridized carbons (Fsp3) is 0. The number of nitrogen functional groups attached to an aromatic ring is 1. The number of hydrogen-bond acceptors (Lipinski definition) is 5. The van der Waals surface area contributed by atoms with Gasteiger partial charge >= 0.3 is 0 Å². The summed E-state index contributed by atoms with van der Waals surface area (Å²) in [5, 5.41) is 0. The molecular weight excluding hydrogens is 406 g/mol. The van der Waals surface area contributed by atoms with Crippen molar-refractivity contribution in [1.29, 1.82) is 0 Å². The Balaban J connectivity index is 0.000000160. The molecule has 84 valence electrons. The maximum absolute atomic E-state index is 5.23. The first kappa shape index (κ1) is 13.5. The fourth-order valence-corrected chi connectivity index (χ4v) is 1.23. The van der Waals surface area contributed by atoms with E-state index in [0.717, 1.165) is 9.21 Å². The quantitative estimate of drug-likeness (QED) is 0.721. The number of halogens is 3. The molecule has 0 saturated carbocycles. The van der Waals surface area contributed by atoms with Gasteiger partial charge in [0.1, 0.15) is 19.6 Å². The number of aromatic nitrogens is 4. The Bertz CT molecular complexity index is 345. The highest BCUT2D eigenvalue weighted by atomic mass is 79.9. The summed E-state index contributed by atoms with van der Waals surface area (Å²) in [5.74, 6) is 0.438. The topological polar surface area (TPSA) is 77.6 Å². The van der Waals surface area contributed by atoms with E-state index in [1.165, 1.54) is 6.20 Å². The molecule has 0 aromatic carbocycles. The molecule has 2 heterocycles. The summed E-state index contributed by atoms with van der Waals surface area (Å²) in [6, 6.07) is 0. The van der Waals surface area contributed by atoms with Crippen LogP contribution in [-0.4, -0.2) is 19.9 Å². The Kier molecular flexibility index (Phi) is 5.78. The average Bonchev–Trinajstić information content (AvgIpc) is 2.28. The van der Waals surface area contributed by atoms with Crippen LogP contribution in [0.2, 0.25) is 0 Å². The van der Waals surface area contributed by atoms with E-state index in [1.54, 1.807) is 18.6 Å². The maximum atomic E-state index is 5.23. The summed E-state index contributed by atoms with van der Waals surface area (Å²) in [5.41, 5.74) is 5.23. The molecule has 0 fully saturated rings. The molecular formula is C8H6Br3N5. The van der Waals surface area contributed by atoms with Crippen molar-refractivity contribution < 1.29 is 0 Å². The van der Waals surface area contributed by atoms with Crippen LogP contribution < -0.4 is 5.73 Å². The Morgan fingerprint density at radius 2 is 1.06 bits per heavy atom. The zero-order chi connectivity index (χ0) is 12.0. The number of anilines is 1. The van der Waals surface area contributed by atoms with Gasteiger partial charge in [-0.15, -0.1) is 0 Å². The normalized spacial score (nSPS) is 9.19. The van der Waals surface area contributed by atoms with Crippen LogP contribution >= 0.6 is 47.8 Å². The molecule has 0 aliphatic carbocycles. The second-order valence-electron chi connectivity index (χ2n) is 2.43. The second kappa shape index (κ2) is 6.87. The van der Waals surface area contributed by atoms with E-state index in [4.69, 9.17) is 5.73 Å². The predicted molar refractivity (Wildman–Crippen MR) is 71.6 cm³/mol. The van der Waals surface area contributed by atoms with Gasteiger partial charge in [0.25, 0.3) is 0 Å². The highest BCUT2D eigenvalue weighted by molar-refractivity contribution is 9.11. The van der Waals surface area contributed by atoms with Gasteiger partial charge in [-0.2, -0.15) is 0 Å². The van der Waals surface area contributed by atoms with Crippen LogP contribution in [0.4, 0.5) is 5.82 Å². The zero-order valence-electron chi connectivity index (χ0n) is 7.81. The van der Waals surface area contributed by atoms with Crippen molar-refractivity contribution >= 4 is 53.6 Å². The molecule has 8 heteroatoms. The minimum absolute atomic E-state index is 0.438. The lowest BCUT2D eigenvalue weighted by Gasteiger charge is -1.87. The molecule has 0 aliphatic rings. The minimum Gasteiger partial charge on any atom is -0.382 e. The second-order valence-corrected chi connectivity index (χ2v) is 4.86. The molecule has 2 rings (SSSR count). The highest BCUT2D eigenvalue weighted by Gasteiger charge is 1.86. The van der Waals surface area contributed by atoms with Crippen molar-refractivity contribution in [1.82, 2.24) is 19.9 Å². The lowest BCUT2D eigenvalue weighted by atomic mass is 10.7. The molecule has 0 amide bonds. The van der Waals surface area contributed by atoms with E-state index in [0.29, 0.717) is 10.4 Å². The molecule has 0 unspecified atom stereocenters. The standard InChI is InChI=1S/C4H2Br2N2.C4H4BrN3/c5-3-1-7-4(6)2-8-3;5-3-1-8-4(6)2-7-3/h1-2H;1-2H,(H2,6,8). The minimum atomic E-state index is 0.438. The van der Waals surface area contributed by atoms with E-state index in [-0.39, 0.29) is 0 Å².